The van der Waals surface area contributed by atoms with Crippen LogP contribution in [0.15, 0.2) is 0 Å². The second-order valence-corrected chi connectivity index (χ2v) is 8.79. The highest BCUT2D eigenvalue weighted by Gasteiger charge is 2.34. The van der Waals surface area contributed by atoms with Gasteiger partial charge in [0.25, 0.3) is 0 Å². The van der Waals surface area contributed by atoms with Gasteiger partial charge in [-0.3, -0.25) is 0 Å². The summed E-state index contributed by atoms with van der Waals surface area (Å²) in [4.78, 5) is 2.68. The Balaban J connectivity index is 2.56. The van der Waals surface area contributed by atoms with Crippen molar-refractivity contribution in [3.05, 3.63) is 0 Å². The number of hydrogen-bond donors (Lipinski definition) is 1. The molecule has 0 bridgehead atoms. The van der Waals surface area contributed by atoms with Crippen molar-refractivity contribution in [2.45, 2.75) is 73.3 Å². The zero-order valence-corrected chi connectivity index (χ0v) is 14.4. The third kappa shape index (κ3) is 6.27. The molecule has 114 valence electrons. The highest BCUT2D eigenvalue weighted by Crippen LogP contribution is 2.33. The Morgan fingerprint density at radius 1 is 1.16 bits per heavy atom. The summed E-state index contributed by atoms with van der Waals surface area (Å²) in [5.74, 6) is 0. The van der Waals surface area contributed by atoms with Gasteiger partial charge in [-0.1, -0.05) is 34.1 Å². The predicted octanol–water partition coefficient (Wildman–Crippen LogP) is 3.91. The van der Waals surface area contributed by atoms with Gasteiger partial charge in [0.15, 0.2) is 0 Å². The van der Waals surface area contributed by atoms with E-state index in [2.05, 4.69) is 58.7 Å². The van der Waals surface area contributed by atoms with Crippen molar-refractivity contribution in [1.82, 2.24) is 10.2 Å². The molecule has 0 radical (unpaired) electrons. The summed E-state index contributed by atoms with van der Waals surface area (Å²) in [5, 5.41) is 3.72. The molecule has 0 aromatic heterocycles. The van der Waals surface area contributed by atoms with E-state index in [4.69, 9.17) is 0 Å². The molecular weight excluding hydrogens is 232 g/mol. The van der Waals surface area contributed by atoms with E-state index >= 15 is 0 Å². The number of likely N-dealkylation sites (tertiary alicyclic amines) is 1. The lowest BCUT2D eigenvalue weighted by molar-refractivity contribution is 0.152. The Hall–Kier alpha value is -0.0800. The SMILES string of the molecule is CCCC(C)(CNC(C)(C)C)CN1CCC(C)(C)C1. The van der Waals surface area contributed by atoms with Gasteiger partial charge < -0.3 is 10.2 Å². The summed E-state index contributed by atoms with van der Waals surface area (Å²) in [5.41, 5.74) is 1.15. The van der Waals surface area contributed by atoms with E-state index in [9.17, 15) is 0 Å². The minimum absolute atomic E-state index is 0.222. The number of nitrogens with zero attached hydrogens (tertiary/aromatic N) is 1. The average molecular weight is 268 g/mol. The summed E-state index contributed by atoms with van der Waals surface area (Å²) in [6, 6.07) is 0. The molecule has 1 aliphatic rings. The smallest absolute Gasteiger partial charge is 0.00967 e. The van der Waals surface area contributed by atoms with Crippen LogP contribution in [0, 0.1) is 10.8 Å². The van der Waals surface area contributed by atoms with Crippen LogP contribution in [-0.2, 0) is 0 Å². The van der Waals surface area contributed by atoms with Crippen molar-refractivity contribution in [2.24, 2.45) is 10.8 Å². The molecule has 2 nitrogen and oxygen atoms in total. The van der Waals surface area contributed by atoms with Crippen molar-refractivity contribution in [1.29, 1.82) is 0 Å². The predicted molar refractivity (Wildman–Crippen MR) is 85.6 cm³/mol. The number of rotatable bonds is 6. The Labute approximate surface area is 121 Å². The minimum Gasteiger partial charge on any atom is -0.311 e. The molecule has 1 fully saturated rings. The average Bonchev–Trinajstić information content (AvgIpc) is 2.54. The molecule has 1 unspecified atom stereocenters. The van der Waals surface area contributed by atoms with Crippen LogP contribution in [0.5, 0.6) is 0 Å². The maximum absolute atomic E-state index is 3.72. The molecular formula is C17H36N2. The van der Waals surface area contributed by atoms with Crippen LogP contribution >= 0.6 is 0 Å². The zero-order valence-electron chi connectivity index (χ0n) is 14.4. The van der Waals surface area contributed by atoms with Crippen LogP contribution in [0.2, 0.25) is 0 Å². The molecule has 1 saturated heterocycles. The first kappa shape index (κ1) is 17.0. The molecule has 1 rings (SSSR count). The monoisotopic (exact) mass is 268 g/mol. The Morgan fingerprint density at radius 2 is 1.79 bits per heavy atom. The summed E-state index contributed by atoms with van der Waals surface area (Å²) in [6.45, 7) is 21.3. The lowest BCUT2D eigenvalue weighted by Crippen LogP contribution is -2.47. The maximum Gasteiger partial charge on any atom is 0.00967 e. The van der Waals surface area contributed by atoms with E-state index in [1.807, 2.05) is 0 Å². The van der Waals surface area contributed by atoms with E-state index in [0.717, 1.165) is 6.54 Å². The third-order valence-corrected chi connectivity index (χ3v) is 4.26. The second-order valence-electron chi connectivity index (χ2n) is 8.79. The van der Waals surface area contributed by atoms with Gasteiger partial charge in [-0.2, -0.15) is 0 Å². The molecule has 0 saturated carbocycles. The molecule has 0 aromatic carbocycles. The quantitative estimate of drug-likeness (QED) is 0.785. The van der Waals surface area contributed by atoms with Crippen molar-refractivity contribution >= 4 is 0 Å². The van der Waals surface area contributed by atoms with E-state index in [1.54, 1.807) is 0 Å². The van der Waals surface area contributed by atoms with Crippen LogP contribution in [-0.4, -0.2) is 36.6 Å². The molecule has 1 aliphatic heterocycles. The Bertz CT molecular complexity index is 277. The van der Waals surface area contributed by atoms with Gasteiger partial charge in [0.05, 0.1) is 0 Å². The first-order valence-electron chi connectivity index (χ1n) is 8.03. The minimum atomic E-state index is 0.222. The van der Waals surface area contributed by atoms with E-state index in [1.165, 1.54) is 38.9 Å². The van der Waals surface area contributed by atoms with Crippen molar-refractivity contribution in [3.63, 3.8) is 0 Å². The fourth-order valence-electron chi connectivity index (χ4n) is 3.20. The molecule has 1 atom stereocenters. The van der Waals surface area contributed by atoms with Gasteiger partial charge in [0, 0.05) is 25.2 Å². The largest absolute Gasteiger partial charge is 0.311 e. The van der Waals surface area contributed by atoms with Crippen LogP contribution in [0.4, 0.5) is 0 Å². The van der Waals surface area contributed by atoms with E-state index in [0.29, 0.717) is 10.8 Å². The lowest BCUT2D eigenvalue weighted by Gasteiger charge is -2.37. The number of hydrogen-bond acceptors (Lipinski definition) is 2. The molecule has 19 heavy (non-hydrogen) atoms. The molecule has 2 heteroatoms. The van der Waals surface area contributed by atoms with Crippen LogP contribution in [0.1, 0.15) is 67.7 Å². The summed E-state index contributed by atoms with van der Waals surface area (Å²) < 4.78 is 0. The maximum atomic E-state index is 3.72. The van der Waals surface area contributed by atoms with Crippen molar-refractivity contribution in [2.75, 3.05) is 26.2 Å². The Morgan fingerprint density at radius 3 is 2.21 bits per heavy atom. The first-order valence-corrected chi connectivity index (χ1v) is 8.03. The van der Waals surface area contributed by atoms with Crippen molar-refractivity contribution < 1.29 is 0 Å². The van der Waals surface area contributed by atoms with Crippen LogP contribution < -0.4 is 5.32 Å². The fourth-order valence-corrected chi connectivity index (χ4v) is 3.20. The van der Waals surface area contributed by atoms with Gasteiger partial charge in [-0.25, -0.2) is 0 Å². The van der Waals surface area contributed by atoms with Gasteiger partial charge in [0.2, 0.25) is 0 Å². The van der Waals surface area contributed by atoms with Gasteiger partial charge in [-0.05, 0) is 51.0 Å². The normalized spacial score (nSPS) is 23.5. The van der Waals surface area contributed by atoms with Gasteiger partial charge in [0.1, 0.15) is 0 Å². The zero-order chi connectivity index (χ0) is 14.7. The summed E-state index contributed by atoms with van der Waals surface area (Å²) in [7, 11) is 0. The summed E-state index contributed by atoms with van der Waals surface area (Å²) >= 11 is 0. The Kier molecular flexibility index (Phi) is 5.48. The molecule has 0 aliphatic carbocycles. The van der Waals surface area contributed by atoms with Gasteiger partial charge >= 0.3 is 0 Å². The van der Waals surface area contributed by atoms with Gasteiger partial charge in [-0.15, -0.1) is 0 Å². The van der Waals surface area contributed by atoms with Crippen LogP contribution in [0.25, 0.3) is 0 Å². The standard InChI is InChI=1S/C17H36N2/c1-8-9-17(7,12-18-15(2,3)4)14-19-11-10-16(5,6)13-19/h18H,8-14H2,1-7H3. The molecule has 0 amide bonds. The molecule has 1 N–H and O–H groups in total. The molecule has 1 heterocycles. The fraction of sp³-hybridized carbons (Fsp3) is 1.00. The lowest BCUT2D eigenvalue weighted by atomic mass is 9.84. The van der Waals surface area contributed by atoms with Crippen LogP contribution in [0.3, 0.4) is 0 Å². The molecule has 0 aromatic rings. The van der Waals surface area contributed by atoms with E-state index in [-0.39, 0.29) is 5.54 Å². The highest BCUT2D eigenvalue weighted by molar-refractivity contribution is 4.89. The topological polar surface area (TPSA) is 15.3 Å². The molecule has 0 spiro atoms. The van der Waals surface area contributed by atoms with Crippen molar-refractivity contribution in [3.8, 4) is 0 Å². The van der Waals surface area contributed by atoms with E-state index < -0.39 is 0 Å². The number of nitrogens with one attached hydrogen (secondary N) is 1. The third-order valence-electron chi connectivity index (χ3n) is 4.26. The summed E-state index contributed by atoms with van der Waals surface area (Å²) in [6.07, 6.45) is 3.94. The second kappa shape index (κ2) is 6.13. The first-order chi connectivity index (χ1) is 8.55. The highest BCUT2D eigenvalue weighted by atomic mass is 15.2.